The Morgan fingerprint density at radius 3 is 2.15 bits per heavy atom. The number of carbonyl (C=O) groups is 1. The average molecular weight is 377 g/mol. The summed E-state index contributed by atoms with van der Waals surface area (Å²) in [5.41, 5.74) is 1.85. The van der Waals surface area contributed by atoms with E-state index in [1.54, 1.807) is 43.5 Å². The second kappa shape index (κ2) is 8.82. The molecular weight excluding hydrogens is 354 g/mol. The molecule has 0 heterocycles. The number of nitrogens with one attached hydrogen (secondary N) is 1. The molecular formula is C19H23NO5S. The van der Waals surface area contributed by atoms with Crippen LogP contribution in [0.3, 0.4) is 0 Å². The van der Waals surface area contributed by atoms with E-state index in [0.29, 0.717) is 17.5 Å². The van der Waals surface area contributed by atoms with E-state index in [2.05, 4.69) is 9.46 Å². The first-order valence-corrected chi connectivity index (χ1v) is 9.85. The van der Waals surface area contributed by atoms with Crippen molar-refractivity contribution in [2.75, 3.05) is 14.2 Å². The summed E-state index contributed by atoms with van der Waals surface area (Å²) >= 11 is 0. The third kappa shape index (κ3) is 5.31. The van der Waals surface area contributed by atoms with Gasteiger partial charge in [0.2, 0.25) is 10.0 Å². The molecule has 0 spiro atoms. The molecule has 1 N–H and O–H groups in total. The SMILES string of the molecule is CC[C@H](NS(=O)(=O)Cc1ccc(C(=O)OC)cc1)c1ccc(OC)cc1. The van der Waals surface area contributed by atoms with E-state index < -0.39 is 16.0 Å². The number of sulfonamides is 1. The Morgan fingerprint density at radius 1 is 1.04 bits per heavy atom. The van der Waals surface area contributed by atoms with E-state index in [1.807, 2.05) is 19.1 Å². The Morgan fingerprint density at radius 2 is 1.65 bits per heavy atom. The first-order valence-electron chi connectivity index (χ1n) is 8.19. The first-order chi connectivity index (χ1) is 12.4. The van der Waals surface area contributed by atoms with Gasteiger partial charge in [0.05, 0.1) is 25.5 Å². The smallest absolute Gasteiger partial charge is 0.337 e. The van der Waals surface area contributed by atoms with Crippen LogP contribution in [0.2, 0.25) is 0 Å². The fraction of sp³-hybridized carbons (Fsp3) is 0.316. The van der Waals surface area contributed by atoms with Gasteiger partial charge in [0.25, 0.3) is 0 Å². The Bertz CT molecular complexity index is 829. The second-order valence-corrected chi connectivity index (χ2v) is 7.55. The van der Waals surface area contributed by atoms with E-state index in [-0.39, 0.29) is 11.8 Å². The molecule has 2 aromatic carbocycles. The summed E-state index contributed by atoms with van der Waals surface area (Å²) in [6.07, 6.45) is 0.618. The standard InChI is InChI=1S/C19H23NO5S/c1-4-18(15-9-11-17(24-2)12-10-15)20-26(22,23)13-14-5-7-16(8-6-14)19(21)25-3/h5-12,18,20H,4,13H2,1-3H3/t18-/m0/s1. The van der Waals surface area contributed by atoms with Gasteiger partial charge in [-0.2, -0.15) is 0 Å². The van der Waals surface area contributed by atoms with Crippen LogP contribution in [-0.2, 0) is 20.5 Å². The van der Waals surface area contributed by atoms with E-state index >= 15 is 0 Å². The van der Waals surface area contributed by atoms with Gasteiger partial charge in [0, 0.05) is 6.04 Å². The van der Waals surface area contributed by atoms with Crippen molar-refractivity contribution in [2.45, 2.75) is 25.1 Å². The highest BCUT2D eigenvalue weighted by Crippen LogP contribution is 2.21. The molecule has 2 aromatic rings. The summed E-state index contributed by atoms with van der Waals surface area (Å²) in [6.45, 7) is 1.92. The Hall–Kier alpha value is -2.38. The quantitative estimate of drug-likeness (QED) is 0.715. The van der Waals surface area contributed by atoms with Crippen LogP contribution in [0, 0.1) is 0 Å². The van der Waals surface area contributed by atoms with Crippen LogP contribution in [0.25, 0.3) is 0 Å². The van der Waals surface area contributed by atoms with Crippen molar-refractivity contribution in [3.63, 3.8) is 0 Å². The summed E-state index contributed by atoms with van der Waals surface area (Å²) in [6, 6.07) is 13.3. The van der Waals surface area contributed by atoms with E-state index in [9.17, 15) is 13.2 Å². The lowest BCUT2D eigenvalue weighted by Gasteiger charge is -2.18. The average Bonchev–Trinajstić information content (AvgIpc) is 2.66. The zero-order valence-corrected chi connectivity index (χ0v) is 15.9. The van der Waals surface area contributed by atoms with Crippen molar-refractivity contribution in [3.05, 3.63) is 65.2 Å². The molecule has 0 aliphatic heterocycles. The van der Waals surface area contributed by atoms with Crippen molar-refractivity contribution in [2.24, 2.45) is 0 Å². The summed E-state index contributed by atoms with van der Waals surface area (Å²) in [5, 5.41) is 0. The highest BCUT2D eigenvalue weighted by atomic mass is 32.2. The second-order valence-electron chi connectivity index (χ2n) is 5.80. The molecule has 0 aromatic heterocycles. The van der Waals surface area contributed by atoms with Crippen LogP contribution in [0.1, 0.15) is 40.9 Å². The van der Waals surface area contributed by atoms with Crippen molar-refractivity contribution >= 4 is 16.0 Å². The lowest BCUT2D eigenvalue weighted by atomic mass is 10.1. The molecule has 0 amide bonds. The summed E-state index contributed by atoms with van der Waals surface area (Å²) < 4.78 is 37.5. The molecule has 0 aliphatic carbocycles. The number of hydrogen-bond donors (Lipinski definition) is 1. The molecule has 0 saturated heterocycles. The zero-order chi connectivity index (χ0) is 19.2. The molecule has 0 bridgehead atoms. The fourth-order valence-electron chi connectivity index (χ4n) is 2.56. The maximum absolute atomic E-state index is 12.5. The van der Waals surface area contributed by atoms with E-state index in [0.717, 1.165) is 11.3 Å². The van der Waals surface area contributed by atoms with Gasteiger partial charge in [-0.15, -0.1) is 0 Å². The van der Waals surface area contributed by atoms with Crippen LogP contribution in [0.5, 0.6) is 5.75 Å². The molecule has 140 valence electrons. The third-order valence-electron chi connectivity index (χ3n) is 3.98. The maximum Gasteiger partial charge on any atom is 0.337 e. The Kier molecular flexibility index (Phi) is 6.76. The van der Waals surface area contributed by atoms with E-state index in [4.69, 9.17) is 4.74 Å². The van der Waals surface area contributed by atoms with Gasteiger partial charge in [-0.05, 0) is 41.8 Å². The van der Waals surface area contributed by atoms with Gasteiger partial charge in [-0.1, -0.05) is 31.2 Å². The van der Waals surface area contributed by atoms with Crippen LogP contribution in [0.15, 0.2) is 48.5 Å². The monoisotopic (exact) mass is 377 g/mol. The number of hydrogen-bond acceptors (Lipinski definition) is 5. The number of ether oxygens (including phenoxy) is 2. The molecule has 0 radical (unpaired) electrons. The summed E-state index contributed by atoms with van der Waals surface area (Å²) in [4.78, 5) is 11.4. The number of methoxy groups -OCH3 is 2. The number of rotatable bonds is 8. The van der Waals surface area contributed by atoms with Gasteiger partial charge in [-0.3, -0.25) is 0 Å². The molecule has 1 atom stereocenters. The molecule has 2 rings (SSSR count). The number of benzene rings is 2. The molecule has 26 heavy (non-hydrogen) atoms. The maximum atomic E-state index is 12.5. The van der Waals surface area contributed by atoms with Crippen LogP contribution in [-0.4, -0.2) is 28.6 Å². The first kappa shape index (κ1) is 19.9. The lowest BCUT2D eigenvalue weighted by Crippen LogP contribution is -2.29. The normalized spacial score (nSPS) is 12.4. The van der Waals surface area contributed by atoms with Crippen molar-refractivity contribution in [3.8, 4) is 5.75 Å². The molecule has 7 heteroatoms. The molecule has 0 fully saturated rings. The summed E-state index contributed by atoms with van der Waals surface area (Å²) in [5.74, 6) is 0.0985. The third-order valence-corrected chi connectivity index (χ3v) is 5.34. The largest absolute Gasteiger partial charge is 0.497 e. The van der Waals surface area contributed by atoms with Gasteiger partial charge in [-0.25, -0.2) is 17.9 Å². The zero-order valence-electron chi connectivity index (χ0n) is 15.1. The highest BCUT2D eigenvalue weighted by molar-refractivity contribution is 7.88. The lowest BCUT2D eigenvalue weighted by molar-refractivity contribution is 0.0600. The van der Waals surface area contributed by atoms with Crippen LogP contribution >= 0.6 is 0 Å². The molecule has 0 aliphatic rings. The number of esters is 1. The topological polar surface area (TPSA) is 81.7 Å². The minimum absolute atomic E-state index is 0.166. The molecule has 0 saturated carbocycles. The van der Waals surface area contributed by atoms with Crippen molar-refractivity contribution in [1.29, 1.82) is 0 Å². The van der Waals surface area contributed by atoms with Gasteiger partial charge in [0.1, 0.15) is 5.75 Å². The predicted octanol–water partition coefficient (Wildman–Crippen LogP) is 3.05. The van der Waals surface area contributed by atoms with Gasteiger partial charge < -0.3 is 9.47 Å². The fourth-order valence-corrected chi connectivity index (χ4v) is 4.01. The Labute approximate surface area is 154 Å². The van der Waals surface area contributed by atoms with Gasteiger partial charge in [0.15, 0.2) is 0 Å². The molecule has 6 nitrogen and oxygen atoms in total. The van der Waals surface area contributed by atoms with Crippen molar-refractivity contribution in [1.82, 2.24) is 4.72 Å². The minimum Gasteiger partial charge on any atom is -0.497 e. The summed E-state index contributed by atoms with van der Waals surface area (Å²) in [7, 11) is -0.662. The Balaban J connectivity index is 2.09. The predicted molar refractivity (Wildman–Crippen MR) is 99.6 cm³/mol. The van der Waals surface area contributed by atoms with Crippen molar-refractivity contribution < 1.29 is 22.7 Å². The van der Waals surface area contributed by atoms with Crippen LogP contribution < -0.4 is 9.46 Å². The molecule has 0 unspecified atom stereocenters. The van der Waals surface area contributed by atoms with Crippen LogP contribution in [0.4, 0.5) is 0 Å². The van der Waals surface area contributed by atoms with Gasteiger partial charge >= 0.3 is 5.97 Å². The highest BCUT2D eigenvalue weighted by Gasteiger charge is 2.19. The van der Waals surface area contributed by atoms with E-state index in [1.165, 1.54) is 7.11 Å². The number of carbonyl (C=O) groups excluding carboxylic acids is 1. The minimum atomic E-state index is -3.55.